The first-order valence-electron chi connectivity index (χ1n) is 12.2. The minimum atomic E-state index is -1.61. The lowest BCUT2D eigenvalue weighted by atomic mass is 9.74. The first-order valence-corrected chi connectivity index (χ1v) is 12.6. The lowest BCUT2D eigenvalue weighted by Gasteiger charge is -2.43. The number of carbonyl (C=O) groups excluding carboxylic acids is 1. The third-order valence-electron chi connectivity index (χ3n) is 6.45. The lowest BCUT2D eigenvalue weighted by molar-refractivity contribution is -0.0576. The average Bonchev–Trinajstić information content (AvgIpc) is 2.77. The maximum absolute atomic E-state index is 15.1. The fourth-order valence-electron chi connectivity index (χ4n) is 4.93. The van der Waals surface area contributed by atoms with Gasteiger partial charge in [0, 0.05) is 43.7 Å². The molecule has 0 aliphatic carbocycles. The molecule has 35 heavy (non-hydrogen) atoms. The van der Waals surface area contributed by atoms with E-state index in [2.05, 4.69) is 36.7 Å². The van der Waals surface area contributed by atoms with Crippen LogP contribution in [0, 0.1) is 17.2 Å². The summed E-state index contributed by atoms with van der Waals surface area (Å²) in [5.41, 5.74) is -1.49. The van der Waals surface area contributed by atoms with Gasteiger partial charge in [-0.2, -0.15) is 0 Å². The molecule has 1 aromatic carbocycles. The van der Waals surface area contributed by atoms with E-state index in [1.54, 1.807) is 11.0 Å². The summed E-state index contributed by atoms with van der Waals surface area (Å²) in [5.74, 6) is -1.13. The second-order valence-corrected chi connectivity index (χ2v) is 11.0. The van der Waals surface area contributed by atoms with Gasteiger partial charge >= 0.3 is 12.1 Å². The van der Waals surface area contributed by atoms with Crippen molar-refractivity contribution in [3.8, 4) is 0 Å². The van der Waals surface area contributed by atoms with Crippen LogP contribution in [0.15, 0.2) is 18.2 Å². The number of hydrogen-bond acceptors (Lipinski definition) is 4. The van der Waals surface area contributed by atoms with Crippen LogP contribution in [0.4, 0.5) is 14.0 Å². The maximum atomic E-state index is 15.1. The number of benzene rings is 1. The fraction of sp³-hybridized carbons (Fsp3) is 0.680. The van der Waals surface area contributed by atoms with Crippen LogP contribution in [-0.2, 0) is 5.60 Å². The summed E-state index contributed by atoms with van der Waals surface area (Å²) in [6.07, 6.45) is 1.32. The summed E-state index contributed by atoms with van der Waals surface area (Å²) in [4.78, 5) is 25.7. The highest BCUT2D eigenvalue weighted by molar-refractivity contribution is 6.30. The molecule has 198 valence electrons. The molecule has 0 aromatic heterocycles. The Morgan fingerprint density at radius 3 is 2.66 bits per heavy atom. The Morgan fingerprint density at radius 2 is 2.03 bits per heavy atom. The molecule has 0 saturated carbocycles. The van der Waals surface area contributed by atoms with E-state index in [0.717, 1.165) is 6.42 Å². The summed E-state index contributed by atoms with van der Waals surface area (Å²) >= 11 is 6.02. The van der Waals surface area contributed by atoms with Gasteiger partial charge in [-0.05, 0) is 50.6 Å². The second-order valence-electron chi connectivity index (χ2n) is 10.6. The zero-order valence-electron chi connectivity index (χ0n) is 21.2. The van der Waals surface area contributed by atoms with Crippen molar-refractivity contribution >= 4 is 23.7 Å². The third kappa shape index (κ3) is 8.51. The van der Waals surface area contributed by atoms with Crippen LogP contribution in [0.3, 0.4) is 0 Å². The minimum Gasteiger partial charge on any atom is -0.465 e. The first kappa shape index (κ1) is 29.1. The summed E-state index contributed by atoms with van der Waals surface area (Å²) in [6, 6.07) is 4.25. The molecule has 3 amide bonds. The molecule has 0 radical (unpaired) electrons. The number of carboxylic acid groups (broad SMARTS) is 1. The topological polar surface area (TPSA) is 114 Å². The van der Waals surface area contributed by atoms with Crippen molar-refractivity contribution in [2.24, 2.45) is 11.3 Å². The van der Waals surface area contributed by atoms with Gasteiger partial charge in [0.15, 0.2) is 0 Å². The number of likely N-dealkylation sites (N-methyl/N-ethyl adjacent to an activating group) is 1. The molecular weight excluding hydrogens is 475 g/mol. The van der Waals surface area contributed by atoms with E-state index in [-0.39, 0.29) is 47.6 Å². The second kappa shape index (κ2) is 12.7. The molecule has 0 unspecified atom stereocenters. The van der Waals surface area contributed by atoms with Crippen LogP contribution in [0.1, 0.15) is 58.4 Å². The van der Waals surface area contributed by atoms with Gasteiger partial charge in [-0.15, -0.1) is 0 Å². The van der Waals surface area contributed by atoms with Gasteiger partial charge in [-0.25, -0.2) is 14.0 Å². The van der Waals surface area contributed by atoms with Gasteiger partial charge in [-0.1, -0.05) is 44.5 Å². The van der Waals surface area contributed by atoms with Crippen molar-refractivity contribution in [1.82, 2.24) is 20.9 Å². The smallest absolute Gasteiger partial charge is 0.404 e. The molecule has 5 N–H and O–H groups in total. The summed E-state index contributed by atoms with van der Waals surface area (Å²) < 4.78 is 15.1. The zero-order valence-corrected chi connectivity index (χ0v) is 21.9. The van der Waals surface area contributed by atoms with Crippen LogP contribution in [0.5, 0.6) is 0 Å². The van der Waals surface area contributed by atoms with Gasteiger partial charge in [0.1, 0.15) is 5.82 Å². The molecule has 1 aliphatic heterocycles. The number of rotatable bonds is 10. The summed E-state index contributed by atoms with van der Waals surface area (Å²) in [6.45, 7) is 7.91. The van der Waals surface area contributed by atoms with Crippen molar-refractivity contribution in [2.45, 2.75) is 64.5 Å². The Morgan fingerprint density at radius 1 is 1.31 bits per heavy atom. The molecule has 0 spiro atoms. The van der Waals surface area contributed by atoms with Crippen LogP contribution >= 0.6 is 11.6 Å². The highest BCUT2D eigenvalue weighted by Gasteiger charge is 2.43. The first-order chi connectivity index (χ1) is 16.4. The standard InChI is InChI=1S/C25H40ClFN4O4/c1-24(2,3)14-18(15-28-4)30-22(32)31-13-6-8-17(16-31)25(35,11-7-12-29-23(33)34)19-9-5-10-20(26)21(19)27/h5,9-10,17-18,28-29,35H,6-8,11-16H2,1-4H3,(H,30,32)(H,33,34)/t17-,18+,25+/m1/s1. The number of aliphatic hydroxyl groups is 1. The van der Waals surface area contributed by atoms with Crippen LogP contribution < -0.4 is 16.0 Å². The van der Waals surface area contributed by atoms with Crippen LogP contribution in [0.25, 0.3) is 0 Å². The molecule has 0 bridgehead atoms. The maximum Gasteiger partial charge on any atom is 0.404 e. The molecule has 1 fully saturated rings. The number of urea groups is 1. The number of halogens is 2. The van der Waals surface area contributed by atoms with E-state index >= 15 is 4.39 Å². The van der Waals surface area contributed by atoms with Crippen LogP contribution in [-0.4, -0.2) is 66.5 Å². The minimum absolute atomic E-state index is 0.0353. The Bertz CT molecular complexity index is 866. The highest BCUT2D eigenvalue weighted by Crippen LogP contribution is 2.41. The number of hydrogen-bond donors (Lipinski definition) is 5. The molecule has 1 heterocycles. The number of nitrogens with zero attached hydrogens (tertiary/aromatic N) is 1. The van der Waals surface area contributed by atoms with E-state index in [9.17, 15) is 14.7 Å². The van der Waals surface area contributed by atoms with Crippen molar-refractivity contribution in [2.75, 3.05) is 33.2 Å². The zero-order chi connectivity index (χ0) is 26.2. The van der Waals surface area contributed by atoms with Crippen LogP contribution in [0.2, 0.25) is 5.02 Å². The Kier molecular flexibility index (Phi) is 10.6. The SMILES string of the molecule is CNC[C@H](CC(C)(C)C)NC(=O)N1CCC[C@@H]([C@@](O)(CCCNC(=O)O)c2cccc(Cl)c2F)C1. The summed E-state index contributed by atoms with van der Waals surface area (Å²) in [5, 5.41) is 29.1. The molecule has 2 rings (SSSR count). The molecule has 8 nitrogen and oxygen atoms in total. The number of carbonyl (C=O) groups is 2. The Hall–Kier alpha value is -2.10. The van der Waals surface area contributed by atoms with Gasteiger partial charge in [0.25, 0.3) is 0 Å². The molecule has 1 aliphatic rings. The van der Waals surface area contributed by atoms with Gasteiger partial charge < -0.3 is 31.1 Å². The largest absolute Gasteiger partial charge is 0.465 e. The van der Waals surface area contributed by atoms with Gasteiger partial charge in [0.2, 0.25) is 0 Å². The predicted octanol–water partition coefficient (Wildman–Crippen LogP) is 4.16. The number of amides is 3. The van der Waals surface area contributed by atoms with E-state index in [1.165, 1.54) is 12.1 Å². The van der Waals surface area contributed by atoms with Crippen molar-refractivity contribution in [1.29, 1.82) is 0 Å². The molecule has 3 atom stereocenters. The summed E-state index contributed by atoms with van der Waals surface area (Å²) in [7, 11) is 1.84. The Labute approximate surface area is 212 Å². The third-order valence-corrected chi connectivity index (χ3v) is 6.74. The van der Waals surface area contributed by atoms with E-state index in [1.807, 2.05) is 7.05 Å². The van der Waals surface area contributed by atoms with E-state index in [0.29, 0.717) is 32.4 Å². The van der Waals surface area contributed by atoms with Gasteiger partial charge in [0.05, 0.1) is 10.6 Å². The predicted molar refractivity (Wildman–Crippen MR) is 135 cm³/mol. The number of nitrogens with one attached hydrogen (secondary N) is 3. The van der Waals surface area contributed by atoms with Gasteiger partial charge in [-0.3, -0.25) is 0 Å². The normalized spacial score (nSPS) is 19.1. The highest BCUT2D eigenvalue weighted by atomic mass is 35.5. The molecule has 10 heteroatoms. The molecule has 1 saturated heterocycles. The van der Waals surface area contributed by atoms with E-state index < -0.39 is 23.4 Å². The number of piperidine rings is 1. The Balaban J connectivity index is 2.23. The average molecular weight is 515 g/mol. The van der Waals surface area contributed by atoms with Crippen molar-refractivity contribution in [3.05, 3.63) is 34.6 Å². The van der Waals surface area contributed by atoms with E-state index in [4.69, 9.17) is 16.7 Å². The lowest BCUT2D eigenvalue weighted by Crippen LogP contribution is -2.54. The molecule has 1 aromatic rings. The van der Waals surface area contributed by atoms with Crippen molar-refractivity contribution < 1.29 is 24.2 Å². The monoisotopic (exact) mass is 514 g/mol. The number of likely N-dealkylation sites (tertiary alicyclic amines) is 1. The molecular formula is C25H40ClFN4O4. The van der Waals surface area contributed by atoms with Crippen molar-refractivity contribution in [3.63, 3.8) is 0 Å². The fourth-order valence-corrected chi connectivity index (χ4v) is 5.10. The quantitative estimate of drug-likeness (QED) is 0.301.